The zero-order chi connectivity index (χ0) is 22.2. The Morgan fingerprint density at radius 2 is 1.74 bits per heavy atom. The predicted molar refractivity (Wildman–Crippen MR) is 119 cm³/mol. The summed E-state index contributed by atoms with van der Waals surface area (Å²) < 4.78 is 10.4. The first-order valence-electron chi connectivity index (χ1n) is 9.22. The number of hydrogen-bond acceptors (Lipinski definition) is 5. The average molecular weight is 438 g/mol. The Kier molecular flexibility index (Phi) is 7.24. The summed E-state index contributed by atoms with van der Waals surface area (Å²) in [5.74, 6) is -0.0911. The van der Waals surface area contributed by atoms with Crippen LogP contribution in [-0.2, 0) is 4.79 Å². The first-order chi connectivity index (χ1) is 15.0. The van der Waals surface area contributed by atoms with E-state index in [1.807, 2.05) is 0 Å². The van der Waals surface area contributed by atoms with Crippen LogP contribution in [0.1, 0.15) is 15.9 Å². The fraction of sp³-hybridized carbons (Fsp3) is 0.0870. The number of aromatic nitrogens is 1. The fourth-order valence-corrected chi connectivity index (χ4v) is 2.82. The summed E-state index contributed by atoms with van der Waals surface area (Å²) >= 11 is 5.89. The second kappa shape index (κ2) is 10.3. The van der Waals surface area contributed by atoms with Crippen LogP contribution in [0.5, 0.6) is 11.5 Å². The summed E-state index contributed by atoms with van der Waals surface area (Å²) in [4.78, 5) is 29.8. The summed E-state index contributed by atoms with van der Waals surface area (Å²) in [6, 6.07) is 14.9. The molecule has 2 aromatic carbocycles. The monoisotopic (exact) mass is 437 g/mol. The highest BCUT2D eigenvalue weighted by Crippen LogP contribution is 2.27. The van der Waals surface area contributed by atoms with E-state index >= 15 is 0 Å². The lowest BCUT2D eigenvalue weighted by Gasteiger charge is -2.13. The zero-order valence-electron chi connectivity index (χ0n) is 16.9. The highest BCUT2D eigenvalue weighted by molar-refractivity contribution is 6.30. The van der Waals surface area contributed by atoms with E-state index in [1.165, 1.54) is 26.4 Å². The lowest BCUT2D eigenvalue weighted by molar-refractivity contribution is -0.113. The molecular weight excluding hydrogens is 418 g/mol. The molecule has 0 atom stereocenters. The first kappa shape index (κ1) is 21.9. The molecule has 0 saturated heterocycles. The predicted octanol–water partition coefficient (Wildman–Crippen LogP) is 4.16. The normalized spacial score (nSPS) is 10.9. The molecule has 2 amide bonds. The Morgan fingerprint density at radius 1 is 1.00 bits per heavy atom. The molecule has 1 aromatic heterocycles. The lowest BCUT2D eigenvalue weighted by Crippen LogP contribution is -2.30. The first-order valence-corrected chi connectivity index (χ1v) is 9.60. The Hall–Kier alpha value is -3.84. The third-order valence-electron chi connectivity index (χ3n) is 4.24. The van der Waals surface area contributed by atoms with Gasteiger partial charge in [0.05, 0.1) is 14.2 Å². The summed E-state index contributed by atoms with van der Waals surface area (Å²) in [5.41, 5.74) is 1.53. The van der Waals surface area contributed by atoms with Gasteiger partial charge in [0.1, 0.15) is 5.70 Å². The molecule has 158 valence electrons. The maximum absolute atomic E-state index is 12.9. The van der Waals surface area contributed by atoms with Crippen molar-refractivity contribution in [2.75, 3.05) is 19.5 Å². The highest BCUT2D eigenvalue weighted by Gasteiger charge is 2.17. The summed E-state index contributed by atoms with van der Waals surface area (Å²) in [7, 11) is 2.99. The number of halogens is 1. The number of pyridine rings is 1. The van der Waals surface area contributed by atoms with Crippen LogP contribution in [0.2, 0.25) is 5.02 Å². The molecule has 8 heteroatoms. The van der Waals surface area contributed by atoms with Crippen LogP contribution >= 0.6 is 11.6 Å². The van der Waals surface area contributed by atoms with Gasteiger partial charge in [-0.15, -0.1) is 0 Å². The molecule has 0 unspecified atom stereocenters. The van der Waals surface area contributed by atoms with Crippen LogP contribution in [0, 0.1) is 0 Å². The van der Waals surface area contributed by atoms with Crippen LogP contribution in [0.3, 0.4) is 0 Å². The summed E-state index contributed by atoms with van der Waals surface area (Å²) in [6.45, 7) is 0. The van der Waals surface area contributed by atoms with Gasteiger partial charge in [-0.25, -0.2) is 0 Å². The minimum atomic E-state index is -0.500. The van der Waals surface area contributed by atoms with Crippen LogP contribution in [0.4, 0.5) is 5.69 Å². The summed E-state index contributed by atoms with van der Waals surface area (Å²) in [6.07, 6.45) is 4.74. The van der Waals surface area contributed by atoms with E-state index in [4.69, 9.17) is 21.1 Å². The minimum Gasteiger partial charge on any atom is -0.493 e. The number of carbonyl (C=O) groups is 2. The van der Waals surface area contributed by atoms with Gasteiger partial charge in [0, 0.05) is 28.7 Å². The quantitative estimate of drug-likeness (QED) is 0.542. The van der Waals surface area contributed by atoms with E-state index in [0.717, 1.165) is 0 Å². The smallest absolute Gasteiger partial charge is 0.272 e. The Labute approximate surface area is 184 Å². The van der Waals surface area contributed by atoms with Crippen molar-refractivity contribution in [1.82, 2.24) is 10.3 Å². The molecule has 0 saturated carbocycles. The molecule has 0 aliphatic carbocycles. The van der Waals surface area contributed by atoms with Crippen LogP contribution in [0.15, 0.2) is 72.7 Å². The number of ether oxygens (including phenoxy) is 2. The van der Waals surface area contributed by atoms with E-state index in [9.17, 15) is 9.59 Å². The number of nitrogens with one attached hydrogen (secondary N) is 2. The summed E-state index contributed by atoms with van der Waals surface area (Å²) in [5, 5.41) is 5.95. The van der Waals surface area contributed by atoms with E-state index in [1.54, 1.807) is 60.9 Å². The van der Waals surface area contributed by atoms with Gasteiger partial charge in [-0.1, -0.05) is 17.7 Å². The van der Waals surface area contributed by atoms with Crippen molar-refractivity contribution in [3.8, 4) is 11.5 Å². The number of anilines is 1. The van der Waals surface area contributed by atoms with Crippen molar-refractivity contribution in [2.45, 2.75) is 0 Å². The molecule has 0 fully saturated rings. The van der Waals surface area contributed by atoms with Gasteiger partial charge < -0.3 is 20.1 Å². The average Bonchev–Trinajstić information content (AvgIpc) is 2.80. The number of benzene rings is 2. The van der Waals surface area contributed by atoms with Gasteiger partial charge in [0.15, 0.2) is 11.5 Å². The number of hydrogen-bond donors (Lipinski definition) is 2. The molecule has 0 spiro atoms. The molecule has 0 aliphatic heterocycles. The largest absolute Gasteiger partial charge is 0.493 e. The third kappa shape index (κ3) is 5.83. The minimum absolute atomic E-state index is 0.0442. The molecule has 0 radical (unpaired) electrons. The van der Waals surface area contributed by atoms with Crippen LogP contribution in [0.25, 0.3) is 6.08 Å². The standard InChI is InChI=1S/C23H20ClN3O4/c1-30-20-10-5-16(13-21(20)31-2)22(28)27-19(12-15-4-3-11-25-14-15)23(29)26-18-8-6-17(24)7-9-18/h3-14H,1-2H3,(H,26,29)(H,27,28). The van der Waals surface area contributed by atoms with Crippen molar-refractivity contribution in [3.63, 3.8) is 0 Å². The Balaban J connectivity index is 1.87. The van der Waals surface area contributed by atoms with E-state index in [2.05, 4.69) is 15.6 Å². The molecule has 2 N–H and O–H groups in total. The Bertz CT molecular complexity index is 1100. The lowest BCUT2D eigenvalue weighted by atomic mass is 10.1. The van der Waals surface area contributed by atoms with Crippen molar-refractivity contribution >= 4 is 35.2 Å². The highest BCUT2D eigenvalue weighted by atomic mass is 35.5. The van der Waals surface area contributed by atoms with E-state index in [-0.39, 0.29) is 5.70 Å². The maximum Gasteiger partial charge on any atom is 0.272 e. The number of amides is 2. The van der Waals surface area contributed by atoms with Gasteiger partial charge in [0.25, 0.3) is 11.8 Å². The number of methoxy groups -OCH3 is 2. The van der Waals surface area contributed by atoms with E-state index in [0.29, 0.717) is 33.3 Å². The maximum atomic E-state index is 12.9. The van der Waals surface area contributed by atoms with Crippen LogP contribution in [-0.4, -0.2) is 31.0 Å². The third-order valence-corrected chi connectivity index (χ3v) is 4.49. The molecule has 0 aliphatic rings. The molecule has 0 bridgehead atoms. The second-order valence-corrected chi connectivity index (χ2v) is 6.77. The molecule has 1 heterocycles. The molecule has 3 aromatic rings. The zero-order valence-corrected chi connectivity index (χ0v) is 17.6. The van der Waals surface area contributed by atoms with Gasteiger partial charge in [0.2, 0.25) is 0 Å². The van der Waals surface area contributed by atoms with Crippen molar-refractivity contribution in [1.29, 1.82) is 0 Å². The molecule has 7 nitrogen and oxygen atoms in total. The van der Waals surface area contributed by atoms with Crippen molar-refractivity contribution in [3.05, 3.63) is 88.8 Å². The molecular formula is C23H20ClN3O4. The molecule has 31 heavy (non-hydrogen) atoms. The molecule has 3 rings (SSSR count). The Morgan fingerprint density at radius 3 is 2.39 bits per heavy atom. The van der Waals surface area contributed by atoms with Gasteiger partial charge >= 0.3 is 0 Å². The van der Waals surface area contributed by atoms with Gasteiger partial charge in [-0.2, -0.15) is 0 Å². The number of rotatable bonds is 7. The van der Waals surface area contributed by atoms with E-state index < -0.39 is 11.8 Å². The van der Waals surface area contributed by atoms with Crippen LogP contribution < -0.4 is 20.1 Å². The van der Waals surface area contributed by atoms with Crippen molar-refractivity contribution < 1.29 is 19.1 Å². The van der Waals surface area contributed by atoms with Gasteiger partial charge in [-0.3, -0.25) is 14.6 Å². The topological polar surface area (TPSA) is 89.5 Å². The number of carbonyl (C=O) groups excluding carboxylic acids is 2. The second-order valence-electron chi connectivity index (χ2n) is 6.33. The van der Waals surface area contributed by atoms with Gasteiger partial charge in [-0.05, 0) is 60.2 Å². The van der Waals surface area contributed by atoms with Crippen molar-refractivity contribution in [2.24, 2.45) is 0 Å². The SMILES string of the molecule is COc1ccc(C(=O)NC(=Cc2cccnc2)C(=O)Nc2ccc(Cl)cc2)cc1OC. The fourth-order valence-electron chi connectivity index (χ4n) is 2.69. The number of nitrogens with zero attached hydrogens (tertiary/aromatic N) is 1.